The van der Waals surface area contributed by atoms with Crippen LogP contribution in [-0.2, 0) is 22.6 Å². The molecule has 1 aliphatic carbocycles. The minimum absolute atomic E-state index is 0.326. The van der Waals surface area contributed by atoms with Gasteiger partial charge in [0.2, 0.25) is 5.91 Å². The summed E-state index contributed by atoms with van der Waals surface area (Å²) in [5.41, 5.74) is 0.364. The van der Waals surface area contributed by atoms with Crippen LogP contribution in [0.4, 0.5) is 0 Å². The van der Waals surface area contributed by atoms with E-state index < -0.39 is 0 Å². The van der Waals surface area contributed by atoms with Crippen molar-refractivity contribution in [3.05, 3.63) is 18.2 Å². The van der Waals surface area contributed by atoms with E-state index in [1.54, 1.807) is 0 Å². The molecule has 1 amide bonds. The summed E-state index contributed by atoms with van der Waals surface area (Å²) in [6.45, 7) is 7.58. The highest BCUT2D eigenvalue weighted by Crippen LogP contribution is 2.56. The van der Waals surface area contributed by atoms with Gasteiger partial charge in [-0.15, -0.1) is 0 Å². The average Bonchev–Trinajstić information content (AvgIpc) is 3.18. The number of aromatic nitrogens is 2. The Kier molecular flexibility index (Phi) is 5.83. The summed E-state index contributed by atoms with van der Waals surface area (Å²) in [5, 5.41) is 3.47. The number of amides is 1. The number of nitrogens with one attached hydrogen (secondary N) is 1. The number of imidazole rings is 1. The Balaban J connectivity index is 1.43. The second-order valence-corrected chi connectivity index (χ2v) is 8.58. The number of hydrogen-bond donors (Lipinski definition) is 1. The molecule has 3 fully saturated rings. The van der Waals surface area contributed by atoms with E-state index in [2.05, 4.69) is 26.7 Å². The Morgan fingerprint density at radius 3 is 2.89 bits per heavy atom. The molecule has 1 spiro atoms. The first kappa shape index (κ1) is 18.9. The number of piperidine rings is 1. The lowest BCUT2D eigenvalue weighted by Crippen LogP contribution is -2.39. The van der Waals surface area contributed by atoms with Crippen LogP contribution in [0.25, 0.3) is 0 Å². The minimum Gasteiger partial charge on any atom is -0.381 e. The molecule has 0 bridgehead atoms. The molecule has 1 aromatic rings. The van der Waals surface area contributed by atoms with Gasteiger partial charge in [0.25, 0.3) is 0 Å². The minimum atomic E-state index is 0.326. The van der Waals surface area contributed by atoms with Crippen LogP contribution in [0.3, 0.4) is 0 Å². The van der Waals surface area contributed by atoms with Gasteiger partial charge in [-0.1, -0.05) is 0 Å². The van der Waals surface area contributed by atoms with Gasteiger partial charge in [-0.2, -0.15) is 0 Å². The van der Waals surface area contributed by atoms with E-state index in [0.29, 0.717) is 36.2 Å². The van der Waals surface area contributed by atoms with Crippen molar-refractivity contribution in [2.45, 2.75) is 71.0 Å². The molecule has 4 rings (SSSR count). The third kappa shape index (κ3) is 4.21. The zero-order valence-electron chi connectivity index (χ0n) is 16.7. The zero-order valence-corrected chi connectivity index (χ0v) is 16.7. The number of aryl methyl sites for hydroxylation is 1. The third-order valence-corrected chi connectivity index (χ3v) is 7.00. The van der Waals surface area contributed by atoms with Crippen LogP contribution in [0.5, 0.6) is 0 Å². The molecule has 1 N–H and O–H groups in total. The lowest BCUT2D eigenvalue weighted by atomic mass is 9.93. The Labute approximate surface area is 162 Å². The number of ether oxygens (including phenoxy) is 1. The van der Waals surface area contributed by atoms with Gasteiger partial charge in [0.1, 0.15) is 5.82 Å². The highest BCUT2D eigenvalue weighted by atomic mass is 16.5. The molecule has 6 nitrogen and oxygen atoms in total. The second-order valence-electron chi connectivity index (χ2n) is 8.58. The predicted octanol–water partition coefficient (Wildman–Crippen LogP) is 2.58. The van der Waals surface area contributed by atoms with Crippen molar-refractivity contribution < 1.29 is 9.53 Å². The van der Waals surface area contributed by atoms with Crippen molar-refractivity contribution in [2.75, 3.05) is 26.3 Å². The summed E-state index contributed by atoms with van der Waals surface area (Å²) >= 11 is 0. The van der Waals surface area contributed by atoms with Crippen LogP contribution in [0.2, 0.25) is 0 Å². The Bertz CT molecular complexity index is 632. The van der Waals surface area contributed by atoms with E-state index >= 15 is 0 Å². The second kappa shape index (κ2) is 8.31. The maximum absolute atomic E-state index is 13.3. The molecular weight excluding hydrogens is 340 g/mol. The molecule has 2 aliphatic heterocycles. The highest BCUT2D eigenvalue weighted by molar-refractivity contribution is 5.77. The van der Waals surface area contributed by atoms with Gasteiger partial charge in [0.05, 0.1) is 6.54 Å². The molecule has 1 atom stereocenters. The van der Waals surface area contributed by atoms with E-state index in [9.17, 15) is 4.79 Å². The lowest BCUT2D eigenvalue weighted by molar-refractivity contribution is -0.133. The van der Waals surface area contributed by atoms with Gasteiger partial charge in [-0.25, -0.2) is 4.98 Å². The predicted molar refractivity (Wildman–Crippen MR) is 104 cm³/mol. The summed E-state index contributed by atoms with van der Waals surface area (Å²) in [7, 11) is 0. The molecule has 3 heterocycles. The number of nitrogens with zero attached hydrogens (tertiary/aromatic N) is 3. The van der Waals surface area contributed by atoms with Gasteiger partial charge in [-0.05, 0) is 69.9 Å². The highest BCUT2D eigenvalue weighted by Gasteiger charge is 2.57. The fourth-order valence-corrected chi connectivity index (χ4v) is 5.04. The van der Waals surface area contributed by atoms with Crippen molar-refractivity contribution in [2.24, 2.45) is 11.3 Å². The van der Waals surface area contributed by atoms with Crippen molar-refractivity contribution >= 4 is 5.91 Å². The summed E-state index contributed by atoms with van der Waals surface area (Å²) in [5.74, 6) is 2.00. The fourth-order valence-electron chi connectivity index (χ4n) is 5.04. The summed E-state index contributed by atoms with van der Waals surface area (Å²) < 4.78 is 7.62. The Morgan fingerprint density at radius 2 is 2.15 bits per heavy atom. The largest absolute Gasteiger partial charge is 0.381 e. The summed E-state index contributed by atoms with van der Waals surface area (Å²) in [6, 6.07) is 0.406. The number of rotatable bonds is 7. The molecule has 1 saturated carbocycles. The van der Waals surface area contributed by atoms with Crippen LogP contribution in [-0.4, -0.2) is 52.7 Å². The Hall–Kier alpha value is -1.40. The standard InChI is InChI=1S/C21H34N4O2/c1-2-24-12-11-23-19(24)16-25(18-15-21(18)7-9-22-10-8-21)20(26)4-3-17-5-13-27-14-6-17/h11-12,17-18,22H,2-10,13-16H2,1H3. The van der Waals surface area contributed by atoms with Gasteiger partial charge in [0.15, 0.2) is 0 Å². The monoisotopic (exact) mass is 374 g/mol. The molecule has 0 radical (unpaired) electrons. The average molecular weight is 375 g/mol. The van der Waals surface area contributed by atoms with Crippen LogP contribution < -0.4 is 5.32 Å². The maximum Gasteiger partial charge on any atom is 0.223 e. The topological polar surface area (TPSA) is 59.4 Å². The molecule has 2 saturated heterocycles. The summed E-state index contributed by atoms with van der Waals surface area (Å²) in [4.78, 5) is 20.0. The molecular formula is C21H34N4O2. The van der Waals surface area contributed by atoms with Gasteiger partial charge in [-0.3, -0.25) is 4.79 Å². The zero-order chi connectivity index (χ0) is 18.7. The third-order valence-electron chi connectivity index (χ3n) is 7.00. The van der Waals surface area contributed by atoms with Gasteiger partial charge < -0.3 is 19.5 Å². The van der Waals surface area contributed by atoms with Crippen LogP contribution in [0.15, 0.2) is 12.4 Å². The van der Waals surface area contributed by atoms with E-state index in [4.69, 9.17) is 4.74 Å². The fraction of sp³-hybridized carbons (Fsp3) is 0.810. The smallest absolute Gasteiger partial charge is 0.223 e. The molecule has 1 aromatic heterocycles. The number of carbonyl (C=O) groups is 1. The van der Waals surface area contributed by atoms with Crippen LogP contribution >= 0.6 is 0 Å². The maximum atomic E-state index is 13.3. The molecule has 0 aromatic carbocycles. The number of hydrogen-bond acceptors (Lipinski definition) is 4. The molecule has 6 heteroatoms. The first-order valence-corrected chi connectivity index (χ1v) is 10.8. The van der Waals surface area contributed by atoms with Crippen molar-refractivity contribution in [1.29, 1.82) is 0 Å². The molecule has 150 valence electrons. The van der Waals surface area contributed by atoms with E-state index in [0.717, 1.165) is 57.9 Å². The van der Waals surface area contributed by atoms with E-state index in [-0.39, 0.29) is 0 Å². The number of carbonyl (C=O) groups excluding carboxylic acids is 1. The molecule has 27 heavy (non-hydrogen) atoms. The Morgan fingerprint density at radius 1 is 1.37 bits per heavy atom. The first-order chi connectivity index (χ1) is 13.2. The van der Waals surface area contributed by atoms with Gasteiger partial charge >= 0.3 is 0 Å². The van der Waals surface area contributed by atoms with Crippen molar-refractivity contribution in [1.82, 2.24) is 19.8 Å². The lowest BCUT2D eigenvalue weighted by Gasteiger charge is -2.30. The quantitative estimate of drug-likeness (QED) is 0.797. The van der Waals surface area contributed by atoms with Crippen LogP contribution in [0.1, 0.15) is 57.7 Å². The summed E-state index contributed by atoms with van der Waals surface area (Å²) in [6.07, 6.45) is 11.3. The van der Waals surface area contributed by atoms with Crippen LogP contribution in [0, 0.1) is 11.3 Å². The van der Waals surface area contributed by atoms with Crippen molar-refractivity contribution in [3.63, 3.8) is 0 Å². The normalized spacial score (nSPS) is 24.9. The van der Waals surface area contributed by atoms with Gasteiger partial charge in [0, 0.05) is 44.6 Å². The SMILES string of the molecule is CCn1ccnc1CN(C(=O)CCC1CCOCC1)C1CC12CCNCC2. The van der Waals surface area contributed by atoms with E-state index in [1.807, 2.05) is 12.4 Å². The van der Waals surface area contributed by atoms with Crippen molar-refractivity contribution in [3.8, 4) is 0 Å². The molecule has 3 aliphatic rings. The molecule has 1 unspecified atom stereocenters. The first-order valence-electron chi connectivity index (χ1n) is 10.8. The van der Waals surface area contributed by atoms with E-state index in [1.165, 1.54) is 19.3 Å².